The molecule has 2 rings (SSSR count). The van der Waals surface area contributed by atoms with Crippen LogP contribution in [0.4, 0.5) is 0 Å². The lowest BCUT2D eigenvalue weighted by Crippen LogP contribution is -2.30. The molecule has 19 heavy (non-hydrogen) atoms. The Morgan fingerprint density at radius 3 is 2.79 bits per heavy atom. The van der Waals surface area contributed by atoms with Gasteiger partial charge in [-0.25, -0.2) is 0 Å². The maximum atomic E-state index is 6.31. The van der Waals surface area contributed by atoms with Crippen molar-refractivity contribution in [3.8, 4) is 5.75 Å². The van der Waals surface area contributed by atoms with E-state index in [1.165, 1.54) is 32.1 Å². The second-order valence-corrected chi connectivity index (χ2v) is 6.50. The van der Waals surface area contributed by atoms with Gasteiger partial charge in [0.05, 0.1) is 0 Å². The van der Waals surface area contributed by atoms with Crippen LogP contribution < -0.4 is 10.5 Å². The minimum Gasteiger partial charge on any atom is -0.490 e. The monoisotopic (exact) mass is 325 g/mol. The molecule has 1 aromatic rings. The smallest absolute Gasteiger partial charge is 0.124 e. The summed E-state index contributed by atoms with van der Waals surface area (Å²) in [7, 11) is 0. The number of benzene rings is 1. The maximum absolute atomic E-state index is 6.31. The third-order valence-corrected chi connectivity index (χ3v) is 4.60. The average Bonchev–Trinajstić information content (AvgIpc) is 2.41. The molecular weight excluding hydrogens is 302 g/mol. The van der Waals surface area contributed by atoms with Crippen molar-refractivity contribution >= 4 is 15.9 Å². The molecule has 3 atom stereocenters. The van der Waals surface area contributed by atoms with Gasteiger partial charge in [0, 0.05) is 16.1 Å². The van der Waals surface area contributed by atoms with Crippen molar-refractivity contribution in [3.05, 3.63) is 28.2 Å². The van der Waals surface area contributed by atoms with Crippen LogP contribution in [0.5, 0.6) is 5.75 Å². The van der Waals surface area contributed by atoms with Crippen LogP contribution in [0, 0.1) is 5.92 Å². The number of halogens is 1. The van der Waals surface area contributed by atoms with Crippen molar-refractivity contribution in [3.63, 3.8) is 0 Å². The fourth-order valence-corrected chi connectivity index (χ4v) is 3.32. The Kier molecular flexibility index (Phi) is 5.28. The lowest BCUT2D eigenvalue weighted by Gasteiger charge is -2.32. The molecule has 0 aliphatic heterocycles. The van der Waals surface area contributed by atoms with Gasteiger partial charge < -0.3 is 10.5 Å². The van der Waals surface area contributed by atoms with Gasteiger partial charge in [0.15, 0.2) is 0 Å². The van der Waals surface area contributed by atoms with Gasteiger partial charge in [-0.05, 0) is 56.7 Å². The van der Waals surface area contributed by atoms with Crippen molar-refractivity contribution in [2.75, 3.05) is 0 Å². The minimum atomic E-state index is -0.00355. The molecule has 106 valence electrons. The quantitative estimate of drug-likeness (QED) is 0.861. The molecule has 3 heteroatoms. The number of ether oxygens (including phenoxy) is 1. The summed E-state index contributed by atoms with van der Waals surface area (Å²) in [5, 5.41) is 0. The van der Waals surface area contributed by atoms with E-state index in [-0.39, 0.29) is 6.04 Å². The molecule has 0 saturated heterocycles. The van der Waals surface area contributed by atoms with Crippen molar-refractivity contribution < 1.29 is 4.74 Å². The van der Waals surface area contributed by atoms with Crippen molar-refractivity contribution in [2.45, 2.75) is 58.1 Å². The lowest BCUT2D eigenvalue weighted by molar-refractivity contribution is 0.0891. The topological polar surface area (TPSA) is 35.2 Å². The predicted octanol–water partition coefficient (Wildman–Crippen LogP) is 4.82. The summed E-state index contributed by atoms with van der Waals surface area (Å²) < 4.78 is 7.36. The lowest BCUT2D eigenvalue weighted by atomic mass is 9.84. The second kappa shape index (κ2) is 6.76. The average molecular weight is 326 g/mol. The van der Waals surface area contributed by atoms with Gasteiger partial charge in [-0.2, -0.15) is 0 Å². The largest absolute Gasteiger partial charge is 0.490 e. The van der Waals surface area contributed by atoms with Crippen LogP contribution in [0.2, 0.25) is 0 Å². The third kappa shape index (κ3) is 3.73. The highest BCUT2D eigenvalue weighted by Gasteiger charge is 2.26. The highest BCUT2D eigenvalue weighted by atomic mass is 79.9. The molecular formula is C16H24BrNO. The fourth-order valence-electron chi connectivity index (χ4n) is 2.94. The van der Waals surface area contributed by atoms with Crippen LogP contribution in [0.1, 0.15) is 57.6 Å². The Morgan fingerprint density at radius 1 is 1.37 bits per heavy atom. The first kappa shape index (κ1) is 14.9. The first-order valence-corrected chi connectivity index (χ1v) is 8.12. The van der Waals surface area contributed by atoms with E-state index in [9.17, 15) is 0 Å². The summed E-state index contributed by atoms with van der Waals surface area (Å²) in [6.07, 6.45) is 6.66. The van der Waals surface area contributed by atoms with Crippen molar-refractivity contribution in [1.82, 2.24) is 0 Å². The fraction of sp³-hybridized carbons (Fsp3) is 0.625. The molecule has 0 bridgehead atoms. The van der Waals surface area contributed by atoms with E-state index in [1.54, 1.807) is 0 Å². The number of hydrogen-bond acceptors (Lipinski definition) is 2. The van der Waals surface area contributed by atoms with Crippen LogP contribution >= 0.6 is 15.9 Å². The van der Waals surface area contributed by atoms with E-state index in [1.807, 2.05) is 19.1 Å². The highest BCUT2D eigenvalue weighted by molar-refractivity contribution is 9.10. The predicted molar refractivity (Wildman–Crippen MR) is 83.4 cm³/mol. The van der Waals surface area contributed by atoms with Gasteiger partial charge in [0.1, 0.15) is 11.9 Å². The zero-order valence-corrected chi connectivity index (χ0v) is 13.4. The Balaban J connectivity index is 2.17. The molecule has 2 unspecified atom stereocenters. The molecule has 0 amide bonds. The normalized spacial score (nSPS) is 25.1. The maximum Gasteiger partial charge on any atom is 0.124 e. The van der Waals surface area contributed by atoms with Crippen molar-refractivity contribution in [2.24, 2.45) is 11.7 Å². The highest BCUT2D eigenvalue weighted by Crippen LogP contribution is 2.34. The number of nitrogens with two attached hydrogens (primary N) is 1. The summed E-state index contributed by atoms with van der Waals surface area (Å²) in [4.78, 5) is 0. The molecule has 1 aliphatic carbocycles. The van der Waals surface area contributed by atoms with Gasteiger partial charge in [-0.15, -0.1) is 0 Å². The van der Waals surface area contributed by atoms with Gasteiger partial charge in [-0.1, -0.05) is 29.3 Å². The zero-order chi connectivity index (χ0) is 13.8. The molecule has 2 N–H and O–H groups in total. The molecule has 0 aromatic heterocycles. The molecule has 0 radical (unpaired) electrons. The van der Waals surface area contributed by atoms with Gasteiger partial charge >= 0.3 is 0 Å². The summed E-state index contributed by atoms with van der Waals surface area (Å²) in [5.41, 5.74) is 7.15. The van der Waals surface area contributed by atoms with E-state index in [2.05, 4.69) is 28.9 Å². The zero-order valence-electron chi connectivity index (χ0n) is 11.9. The van der Waals surface area contributed by atoms with Crippen molar-refractivity contribution in [1.29, 1.82) is 0 Å². The molecule has 0 spiro atoms. The Hall–Kier alpha value is -0.540. The molecule has 1 saturated carbocycles. The molecule has 1 aromatic carbocycles. The summed E-state index contributed by atoms with van der Waals surface area (Å²) >= 11 is 3.50. The minimum absolute atomic E-state index is 0.00355. The van der Waals surface area contributed by atoms with Gasteiger partial charge in [-0.3, -0.25) is 0 Å². The summed E-state index contributed by atoms with van der Waals surface area (Å²) in [6.45, 7) is 4.27. The number of rotatable bonds is 4. The Bertz CT molecular complexity index is 419. The number of hydrogen-bond donors (Lipinski definition) is 1. The third-order valence-electron chi connectivity index (χ3n) is 4.10. The molecule has 0 heterocycles. The summed E-state index contributed by atoms with van der Waals surface area (Å²) in [6, 6.07) is 6.15. The SMILES string of the molecule is CCC1CCCCC1Oc1ccc(Br)cc1[C@@H](C)N. The molecule has 1 fully saturated rings. The van der Waals surface area contributed by atoms with Crippen LogP contribution in [0.25, 0.3) is 0 Å². The summed E-state index contributed by atoms with van der Waals surface area (Å²) in [5.74, 6) is 1.65. The first-order chi connectivity index (χ1) is 9.11. The van der Waals surface area contributed by atoms with E-state index < -0.39 is 0 Å². The van der Waals surface area contributed by atoms with Crippen LogP contribution in [-0.4, -0.2) is 6.10 Å². The second-order valence-electron chi connectivity index (χ2n) is 5.58. The first-order valence-electron chi connectivity index (χ1n) is 7.33. The van der Waals surface area contributed by atoms with Crippen LogP contribution in [0.3, 0.4) is 0 Å². The van der Waals surface area contributed by atoms with Gasteiger partial charge in [0.25, 0.3) is 0 Å². The van der Waals surface area contributed by atoms with Gasteiger partial charge in [0.2, 0.25) is 0 Å². The van der Waals surface area contributed by atoms with Crippen LogP contribution in [-0.2, 0) is 0 Å². The van der Waals surface area contributed by atoms with E-state index in [4.69, 9.17) is 10.5 Å². The Morgan fingerprint density at radius 2 is 2.11 bits per heavy atom. The van der Waals surface area contributed by atoms with E-state index in [0.717, 1.165) is 15.8 Å². The van der Waals surface area contributed by atoms with Crippen LogP contribution in [0.15, 0.2) is 22.7 Å². The molecule has 1 aliphatic rings. The van der Waals surface area contributed by atoms with E-state index in [0.29, 0.717) is 12.0 Å². The Labute approximate surface area is 124 Å². The standard InChI is InChI=1S/C16H24BrNO/c1-3-12-6-4-5-7-15(12)19-16-9-8-13(17)10-14(16)11(2)18/h8-12,15H,3-7,18H2,1-2H3/t11-,12?,15?/m1/s1. The van der Waals surface area contributed by atoms with E-state index >= 15 is 0 Å². The molecule has 2 nitrogen and oxygen atoms in total.